The normalized spacial score (nSPS) is 11.0. The molecule has 0 radical (unpaired) electrons. The number of nitrogens with one attached hydrogen (secondary N) is 1. The van der Waals surface area contributed by atoms with Crippen LogP contribution < -0.4 is 5.32 Å². The zero-order valence-electron chi connectivity index (χ0n) is 12.2. The number of benzene rings is 1. The number of para-hydroxylation sites is 1. The van der Waals surface area contributed by atoms with Crippen molar-refractivity contribution in [3.8, 4) is 10.6 Å². The van der Waals surface area contributed by atoms with Crippen molar-refractivity contribution in [2.75, 3.05) is 5.32 Å². The van der Waals surface area contributed by atoms with Crippen molar-refractivity contribution in [1.29, 1.82) is 0 Å². The Hall–Kier alpha value is -2.44. The molecule has 0 aliphatic rings. The third-order valence-electron chi connectivity index (χ3n) is 3.37. The number of carbonyl (C=O) groups is 1. The molecule has 1 N–H and O–H groups in total. The molecule has 0 saturated heterocycles. The van der Waals surface area contributed by atoms with Gasteiger partial charge in [0.15, 0.2) is 10.9 Å². The van der Waals surface area contributed by atoms with E-state index in [0.717, 1.165) is 16.0 Å². The molecule has 0 aliphatic heterocycles. The van der Waals surface area contributed by atoms with Gasteiger partial charge >= 0.3 is 0 Å². The van der Waals surface area contributed by atoms with Crippen molar-refractivity contribution in [3.05, 3.63) is 58.5 Å². The van der Waals surface area contributed by atoms with Crippen LogP contribution in [0.2, 0.25) is 0 Å². The number of hydrogen-bond acceptors (Lipinski definition) is 5. The highest BCUT2D eigenvalue weighted by Crippen LogP contribution is 2.30. The van der Waals surface area contributed by atoms with E-state index in [-0.39, 0.29) is 11.7 Å². The zero-order chi connectivity index (χ0) is 15.8. The Labute approximate surface area is 140 Å². The predicted molar refractivity (Wildman–Crippen MR) is 94.3 cm³/mol. The Balaban J connectivity index is 1.55. The van der Waals surface area contributed by atoms with Crippen LogP contribution in [0.4, 0.5) is 5.13 Å². The van der Waals surface area contributed by atoms with Crippen LogP contribution in [0.3, 0.4) is 0 Å². The summed E-state index contributed by atoms with van der Waals surface area (Å²) >= 11 is 3.09. The summed E-state index contributed by atoms with van der Waals surface area (Å²) in [5.41, 5.74) is 1.58. The molecule has 3 heterocycles. The maximum absolute atomic E-state index is 12.3. The van der Waals surface area contributed by atoms with Crippen molar-refractivity contribution in [1.82, 2.24) is 4.98 Å². The number of rotatable bonds is 3. The number of anilines is 1. The van der Waals surface area contributed by atoms with E-state index in [2.05, 4.69) is 23.3 Å². The number of thiophene rings is 1. The van der Waals surface area contributed by atoms with Gasteiger partial charge < -0.3 is 4.42 Å². The van der Waals surface area contributed by atoms with Crippen LogP contribution in [-0.4, -0.2) is 10.9 Å². The topological polar surface area (TPSA) is 55.1 Å². The SMILES string of the molecule is Cc1ccc(-c2csc(NC(=O)c3cc4ccccc4o3)n2)s1. The van der Waals surface area contributed by atoms with Gasteiger partial charge in [0.2, 0.25) is 0 Å². The molecule has 0 saturated carbocycles. The van der Waals surface area contributed by atoms with Crippen molar-refractivity contribution < 1.29 is 9.21 Å². The smallest absolute Gasteiger partial charge is 0.293 e. The molecule has 4 nitrogen and oxygen atoms in total. The summed E-state index contributed by atoms with van der Waals surface area (Å²) in [6.07, 6.45) is 0. The standard InChI is InChI=1S/C17H12N2O2S2/c1-10-6-7-15(23-10)12-9-22-17(18-12)19-16(20)14-8-11-4-2-3-5-13(11)21-14/h2-9H,1H3,(H,18,19,20). The van der Waals surface area contributed by atoms with E-state index in [9.17, 15) is 4.79 Å². The molecule has 3 aromatic heterocycles. The van der Waals surface area contributed by atoms with Crippen LogP contribution in [0.25, 0.3) is 21.5 Å². The lowest BCUT2D eigenvalue weighted by molar-refractivity contribution is 0.0998. The first-order chi connectivity index (χ1) is 11.2. The summed E-state index contributed by atoms with van der Waals surface area (Å²) in [5, 5.41) is 6.21. The van der Waals surface area contributed by atoms with Crippen molar-refractivity contribution in [2.45, 2.75) is 6.92 Å². The number of thiazole rings is 1. The van der Waals surface area contributed by atoms with Gasteiger partial charge in [0.05, 0.1) is 10.6 Å². The number of carbonyl (C=O) groups excluding carboxylic acids is 1. The van der Waals surface area contributed by atoms with Gasteiger partial charge in [0.1, 0.15) is 5.58 Å². The first-order valence-corrected chi connectivity index (χ1v) is 8.71. The molecule has 0 spiro atoms. The molecule has 1 amide bonds. The Morgan fingerprint density at radius 3 is 2.87 bits per heavy atom. The molecule has 1 aromatic carbocycles. The molecule has 0 atom stereocenters. The van der Waals surface area contributed by atoms with E-state index in [1.54, 1.807) is 17.4 Å². The van der Waals surface area contributed by atoms with Crippen molar-refractivity contribution in [2.24, 2.45) is 0 Å². The number of hydrogen-bond donors (Lipinski definition) is 1. The van der Waals surface area contributed by atoms with Crippen molar-refractivity contribution >= 4 is 44.7 Å². The van der Waals surface area contributed by atoms with Gasteiger partial charge in [-0.15, -0.1) is 22.7 Å². The average molecular weight is 340 g/mol. The molecule has 4 rings (SSSR count). The molecule has 0 unspecified atom stereocenters. The van der Waals surface area contributed by atoms with Crippen LogP contribution in [0.5, 0.6) is 0 Å². The first-order valence-electron chi connectivity index (χ1n) is 7.01. The fourth-order valence-electron chi connectivity index (χ4n) is 2.27. The van der Waals surface area contributed by atoms with E-state index in [0.29, 0.717) is 10.7 Å². The van der Waals surface area contributed by atoms with Gasteiger partial charge in [-0.3, -0.25) is 10.1 Å². The minimum Gasteiger partial charge on any atom is -0.451 e. The molecule has 0 fully saturated rings. The second-order valence-corrected chi connectivity index (χ2v) is 7.20. The highest BCUT2D eigenvalue weighted by atomic mass is 32.1. The maximum atomic E-state index is 12.3. The van der Waals surface area contributed by atoms with Crippen LogP contribution >= 0.6 is 22.7 Å². The Kier molecular flexibility index (Phi) is 3.48. The maximum Gasteiger partial charge on any atom is 0.293 e. The van der Waals surface area contributed by atoms with Gasteiger partial charge in [-0.1, -0.05) is 18.2 Å². The fourth-order valence-corrected chi connectivity index (χ4v) is 3.88. The summed E-state index contributed by atoms with van der Waals surface area (Å²) in [5.74, 6) is -0.000576. The number of nitrogens with zero attached hydrogens (tertiary/aromatic N) is 1. The predicted octanol–water partition coefficient (Wildman–Crippen LogP) is 5.18. The Morgan fingerprint density at radius 1 is 1.22 bits per heavy atom. The third kappa shape index (κ3) is 2.78. The monoisotopic (exact) mass is 340 g/mol. The summed E-state index contributed by atoms with van der Waals surface area (Å²) in [4.78, 5) is 19.1. The zero-order valence-corrected chi connectivity index (χ0v) is 13.8. The molecular formula is C17H12N2O2S2. The first kappa shape index (κ1) is 14.2. The van der Waals surface area contributed by atoms with Gasteiger partial charge in [0, 0.05) is 15.6 Å². The van der Waals surface area contributed by atoms with E-state index < -0.39 is 0 Å². The summed E-state index contributed by atoms with van der Waals surface area (Å²) in [7, 11) is 0. The number of aryl methyl sites for hydroxylation is 1. The van der Waals surface area contributed by atoms with Gasteiger partial charge in [0.25, 0.3) is 5.91 Å². The summed E-state index contributed by atoms with van der Waals surface area (Å²) in [6, 6.07) is 13.4. The lowest BCUT2D eigenvalue weighted by atomic mass is 10.2. The average Bonchev–Trinajstić information content (AvgIpc) is 3.25. The van der Waals surface area contributed by atoms with Gasteiger partial charge in [-0.25, -0.2) is 4.98 Å². The van der Waals surface area contributed by atoms with E-state index >= 15 is 0 Å². The molecule has 4 aromatic rings. The molecule has 0 aliphatic carbocycles. The molecule has 0 bridgehead atoms. The van der Waals surface area contributed by atoms with Gasteiger partial charge in [-0.2, -0.15) is 0 Å². The highest BCUT2D eigenvalue weighted by molar-refractivity contribution is 7.17. The fraction of sp³-hybridized carbons (Fsp3) is 0.0588. The lowest BCUT2D eigenvalue weighted by Gasteiger charge is -1.97. The minimum atomic E-state index is -0.288. The highest BCUT2D eigenvalue weighted by Gasteiger charge is 2.14. The molecule has 6 heteroatoms. The molecule has 23 heavy (non-hydrogen) atoms. The summed E-state index contributed by atoms with van der Waals surface area (Å²) < 4.78 is 5.56. The van der Waals surface area contributed by atoms with E-state index in [1.165, 1.54) is 16.2 Å². The minimum absolute atomic E-state index is 0.287. The van der Waals surface area contributed by atoms with Gasteiger partial charge in [-0.05, 0) is 31.2 Å². The van der Waals surface area contributed by atoms with Crippen LogP contribution in [-0.2, 0) is 0 Å². The Bertz CT molecular complexity index is 964. The Morgan fingerprint density at radius 2 is 2.09 bits per heavy atom. The molecular weight excluding hydrogens is 328 g/mol. The van der Waals surface area contributed by atoms with E-state index in [4.69, 9.17) is 4.42 Å². The lowest BCUT2D eigenvalue weighted by Crippen LogP contribution is -2.10. The van der Waals surface area contributed by atoms with Crippen LogP contribution in [0.15, 0.2) is 52.3 Å². The quantitative estimate of drug-likeness (QED) is 0.559. The van der Waals surface area contributed by atoms with Crippen molar-refractivity contribution in [3.63, 3.8) is 0 Å². The van der Waals surface area contributed by atoms with E-state index in [1.807, 2.05) is 35.7 Å². The van der Waals surface area contributed by atoms with Crippen LogP contribution in [0.1, 0.15) is 15.4 Å². The largest absolute Gasteiger partial charge is 0.451 e. The summed E-state index contributed by atoms with van der Waals surface area (Å²) in [6.45, 7) is 2.06. The third-order valence-corrected chi connectivity index (χ3v) is 5.15. The number of amides is 1. The van der Waals surface area contributed by atoms with Crippen LogP contribution in [0, 0.1) is 6.92 Å². The number of aromatic nitrogens is 1. The number of fused-ring (bicyclic) bond motifs is 1. The second-order valence-electron chi connectivity index (χ2n) is 5.05. The number of furan rings is 1. The second kappa shape index (κ2) is 5.64. The molecule has 114 valence electrons.